The van der Waals surface area contributed by atoms with Crippen molar-refractivity contribution in [1.29, 1.82) is 0 Å². The van der Waals surface area contributed by atoms with E-state index in [4.69, 9.17) is 0 Å². The van der Waals surface area contributed by atoms with Crippen LogP contribution in [0.25, 0.3) is 10.9 Å². The number of hydrogen-bond acceptors (Lipinski definition) is 1. The number of hydrogen-bond donors (Lipinski definition) is 1. The Kier molecular flexibility index (Phi) is 3.27. The molecule has 3 nitrogen and oxygen atoms in total. The Bertz CT molecular complexity index is 717. The lowest BCUT2D eigenvalue weighted by molar-refractivity contribution is -0.141. The number of nitrogens with zero attached hydrogens (tertiary/aromatic N) is 1. The van der Waals surface area contributed by atoms with Crippen LogP contribution in [0.2, 0.25) is 0 Å². The van der Waals surface area contributed by atoms with Gasteiger partial charge in [-0.25, -0.2) is 4.39 Å². The van der Waals surface area contributed by atoms with Crippen molar-refractivity contribution in [3.05, 3.63) is 35.3 Å². The monoisotopic (exact) mass is 289 g/mol. The highest BCUT2D eigenvalue weighted by molar-refractivity contribution is 5.86. The van der Waals surface area contributed by atoms with E-state index in [0.29, 0.717) is 0 Å². The van der Waals surface area contributed by atoms with E-state index in [9.17, 15) is 14.3 Å². The summed E-state index contributed by atoms with van der Waals surface area (Å²) in [5.41, 5.74) is 2.93. The molecule has 1 aromatic carbocycles. The first-order valence-electron chi connectivity index (χ1n) is 7.45. The highest BCUT2D eigenvalue weighted by Crippen LogP contribution is 2.40. The van der Waals surface area contributed by atoms with E-state index in [2.05, 4.69) is 10.6 Å². The third-order valence-electron chi connectivity index (χ3n) is 4.71. The summed E-state index contributed by atoms with van der Waals surface area (Å²) < 4.78 is 16.0. The number of rotatable bonds is 3. The van der Waals surface area contributed by atoms with Gasteiger partial charge in [0.05, 0.1) is 11.4 Å². The molecule has 0 amide bonds. The first kappa shape index (κ1) is 14.1. The number of carboxylic acids is 1. The molecule has 1 N–H and O–H groups in total. The van der Waals surface area contributed by atoms with E-state index in [1.54, 1.807) is 19.1 Å². The summed E-state index contributed by atoms with van der Waals surface area (Å²) in [6, 6.07) is 5.23. The van der Waals surface area contributed by atoms with Gasteiger partial charge in [0.2, 0.25) is 0 Å². The van der Waals surface area contributed by atoms with E-state index in [1.165, 1.54) is 0 Å². The number of fused-ring (bicyclic) bond motifs is 3. The fourth-order valence-corrected chi connectivity index (χ4v) is 3.50. The molecule has 1 unspecified atom stereocenters. The molecule has 21 heavy (non-hydrogen) atoms. The second-order valence-electron chi connectivity index (χ2n) is 6.33. The smallest absolute Gasteiger partial charge is 0.306 e. The second-order valence-corrected chi connectivity index (χ2v) is 6.33. The minimum absolute atomic E-state index is 0.0120. The molecule has 0 saturated carbocycles. The molecular weight excluding hydrogens is 269 g/mol. The highest BCUT2D eigenvalue weighted by Gasteiger charge is 2.33. The minimum Gasteiger partial charge on any atom is -0.481 e. The molecule has 2 aromatic rings. The Morgan fingerprint density at radius 1 is 1.33 bits per heavy atom. The van der Waals surface area contributed by atoms with Crippen LogP contribution in [0.3, 0.4) is 0 Å². The molecule has 3 rings (SSSR count). The van der Waals surface area contributed by atoms with Crippen molar-refractivity contribution in [2.75, 3.05) is 0 Å². The molecule has 2 heterocycles. The normalized spacial score (nSPS) is 19.2. The van der Waals surface area contributed by atoms with Crippen LogP contribution in [0.4, 0.5) is 4.39 Å². The van der Waals surface area contributed by atoms with Crippen molar-refractivity contribution in [2.45, 2.75) is 45.6 Å². The van der Waals surface area contributed by atoms with Crippen molar-refractivity contribution in [1.82, 2.24) is 4.57 Å². The van der Waals surface area contributed by atoms with Crippen LogP contribution < -0.4 is 0 Å². The number of aryl methyl sites for hydroxylation is 1. The molecule has 112 valence electrons. The number of halogens is 1. The van der Waals surface area contributed by atoms with Gasteiger partial charge in [0.15, 0.2) is 0 Å². The van der Waals surface area contributed by atoms with Crippen LogP contribution in [0.1, 0.15) is 50.3 Å². The summed E-state index contributed by atoms with van der Waals surface area (Å²) >= 11 is 0. The predicted molar refractivity (Wildman–Crippen MR) is 80.1 cm³/mol. The van der Waals surface area contributed by atoms with Crippen molar-refractivity contribution in [3.63, 3.8) is 0 Å². The number of aliphatic carboxylic acids is 1. The summed E-state index contributed by atoms with van der Waals surface area (Å²) in [6.07, 6.45) is 0.812. The Balaban J connectivity index is 2.19. The molecule has 0 saturated heterocycles. The molecule has 0 aliphatic carbocycles. The van der Waals surface area contributed by atoms with Gasteiger partial charge in [-0.2, -0.15) is 0 Å². The van der Waals surface area contributed by atoms with Crippen LogP contribution in [0, 0.1) is 11.7 Å². The molecule has 4 heteroatoms. The van der Waals surface area contributed by atoms with Crippen molar-refractivity contribution < 1.29 is 14.3 Å². The third-order valence-corrected chi connectivity index (χ3v) is 4.71. The maximum absolute atomic E-state index is 13.9. The van der Waals surface area contributed by atoms with E-state index in [-0.39, 0.29) is 17.7 Å². The van der Waals surface area contributed by atoms with Gasteiger partial charge in [0, 0.05) is 23.5 Å². The number of carbonyl (C=O) groups is 1. The molecule has 1 aliphatic rings. The molecular formula is C17H20FNO2. The topological polar surface area (TPSA) is 42.2 Å². The van der Waals surface area contributed by atoms with Gasteiger partial charge in [0.1, 0.15) is 5.82 Å². The van der Waals surface area contributed by atoms with E-state index in [1.807, 2.05) is 13.8 Å². The zero-order valence-electron chi connectivity index (χ0n) is 12.6. The zero-order chi connectivity index (χ0) is 15.3. The van der Waals surface area contributed by atoms with Crippen LogP contribution in [-0.4, -0.2) is 15.6 Å². The van der Waals surface area contributed by atoms with Crippen molar-refractivity contribution in [3.8, 4) is 0 Å². The quantitative estimate of drug-likeness (QED) is 0.923. The number of aromatic nitrogens is 1. The standard InChI is InChI=1S/C17H20FNO2/c1-9(2)13-6-11(18)7-15-14(13)8-16-12(4-5-19(15)16)10(3)17(20)21/h6-10,12H,4-5H2,1-3H3,(H,20,21)/t10?,12-/m1/s1. The fraction of sp³-hybridized carbons (Fsp3) is 0.471. The van der Waals surface area contributed by atoms with Crippen LogP contribution in [0.5, 0.6) is 0 Å². The van der Waals surface area contributed by atoms with Gasteiger partial charge in [-0.1, -0.05) is 20.8 Å². The molecule has 1 aromatic heterocycles. The number of benzene rings is 1. The second kappa shape index (κ2) is 4.86. The molecule has 2 atom stereocenters. The Hall–Kier alpha value is -1.84. The highest BCUT2D eigenvalue weighted by atomic mass is 19.1. The molecule has 0 bridgehead atoms. The summed E-state index contributed by atoms with van der Waals surface area (Å²) in [4.78, 5) is 11.3. The summed E-state index contributed by atoms with van der Waals surface area (Å²) in [5.74, 6) is -1.15. The van der Waals surface area contributed by atoms with E-state index in [0.717, 1.165) is 35.1 Å². The summed E-state index contributed by atoms with van der Waals surface area (Å²) in [5, 5.41) is 10.3. The number of carboxylic acid groups (broad SMARTS) is 1. The van der Waals surface area contributed by atoms with Crippen molar-refractivity contribution in [2.24, 2.45) is 5.92 Å². The summed E-state index contributed by atoms with van der Waals surface area (Å²) in [6.45, 7) is 6.62. The molecule has 1 aliphatic heterocycles. The van der Waals surface area contributed by atoms with Crippen LogP contribution in [0.15, 0.2) is 18.2 Å². The third kappa shape index (κ3) is 2.13. The Morgan fingerprint density at radius 2 is 2.05 bits per heavy atom. The van der Waals surface area contributed by atoms with Crippen LogP contribution in [-0.2, 0) is 11.3 Å². The maximum atomic E-state index is 13.9. The van der Waals surface area contributed by atoms with E-state index >= 15 is 0 Å². The average Bonchev–Trinajstić information content (AvgIpc) is 2.96. The average molecular weight is 289 g/mol. The Labute approximate surface area is 123 Å². The minimum atomic E-state index is -0.769. The maximum Gasteiger partial charge on any atom is 0.306 e. The van der Waals surface area contributed by atoms with Crippen LogP contribution >= 0.6 is 0 Å². The SMILES string of the molecule is CC(C)c1cc(F)cc2c1cc1n2CC[C@@H]1C(C)C(=O)O. The lowest BCUT2D eigenvalue weighted by Crippen LogP contribution is -2.17. The first-order valence-corrected chi connectivity index (χ1v) is 7.45. The van der Waals surface area contributed by atoms with Gasteiger partial charge in [-0.15, -0.1) is 0 Å². The predicted octanol–water partition coefficient (Wildman–Crippen LogP) is 4.11. The largest absolute Gasteiger partial charge is 0.481 e. The van der Waals surface area contributed by atoms with E-state index < -0.39 is 11.9 Å². The lowest BCUT2D eigenvalue weighted by atomic mass is 9.89. The first-order chi connectivity index (χ1) is 9.90. The van der Waals surface area contributed by atoms with Gasteiger partial charge in [-0.05, 0) is 36.1 Å². The molecule has 0 spiro atoms. The Morgan fingerprint density at radius 3 is 2.67 bits per heavy atom. The van der Waals surface area contributed by atoms with Gasteiger partial charge < -0.3 is 9.67 Å². The van der Waals surface area contributed by atoms with Gasteiger partial charge in [0.25, 0.3) is 0 Å². The zero-order valence-corrected chi connectivity index (χ0v) is 12.6. The summed E-state index contributed by atoms with van der Waals surface area (Å²) in [7, 11) is 0. The van der Waals surface area contributed by atoms with Gasteiger partial charge in [-0.3, -0.25) is 4.79 Å². The molecule has 0 fully saturated rings. The molecule has 0 radical (unpaired) electrons. The lowest BCUT2D eigenvalue weighted by Gasteiger charge is -2.13. The fourth-order valence-electron chi connectivity index (χ4n) is 3.50. The van der Waals surface area contributed by atoms with Gasteiger partial charge >= 0.3 is 5.97 Å². The van der Waals surface area contributed by atoms with Crippen molar-refractivity contribution >= 4 is 16.9 Å².